The lowest BCUT2D eigenvalue weighted by molar-refractivity contribution is -0.117. The topological polar surface area (TPSA) is 36.9 Å². The van der Waals surface area contributed by atoms with Crippen LogP contribution in [0.25, 0.3) is 0 Å². The number of rotatable bonds is 24. The van der Waals surface area contributed by atoms with E-state index in [2.05, 4.69) is 41.5 Å². The van der Waals surface area contributed by atoms with Gasteiger partial charge in [0.1, 0.15) is 19.0 Å². The van der Waals surface area contributed by atoms with E-state index >= 15 is 0 Å². The van der Waals surface area contributed by atoms with Gasteiger partial charge in [-0.05, 0) is 57.1 Å². The summed E-state index contributed by atoms with van der Waals surface area (Å²) in [4.78, 5) is 0. The van der Waals surface area contributed by atoms with Crippen LogP contribution < -0.4 is 0 Å². The monoisotopic (exact) mass is 530 g/mol. The van der Waals surface area contributed by atoms with E-state index in [1.165, 1.54) is 37.8 Å². The second-order valence-corrected chi connectivity index (χ2v) is 17.6. The number of hydrogen-bond donors (Lipinski definition) is 0. The van der Waals surface area contributed by atoms with Crippen molar-refractivity contribution in [2.45, 2.75) is 114 Å². The summed E-state index contributed by atoms with van der Waals surface area (Å²) >= 11 is 0. The van der Waals surface area contributed by atoms with Crippen LogP contribution in [0, 0.1) is 0 Å². The van der Waals surface area contributed by atoms with Crippen molar-refractivity contribution in [3.8, 4) is 0 Å². The standard InChI is InChI=1S/C22H50O4S3Si2/c1-7-13-19-30-21(23-15-9-3,24-16-10-4)27-29-28-22(25-17-11-5,26-18-12-6)31-20-14-8-2/h7-20,30-31H2,1-6H3. The lowest BCUT2D eigenvalue weighted by Gasteiger charge is -2.36. The largest absolute Gasteiger partial charge is 0.345 e. The van der Waals surface area contributed by atoms with Gasteiger partial charge >= 0.3 is 0 Å². The minimum absolute atomic E-state index is 0.439. The summed E-state index contributed by atoms with van der Waals surface area (Å²) in [6, 6.07) is 2.52. The predicted molar refractivity (Wildman–Crippen MR) is 150 cm³/mol. The molecule has 0 saturated carbocycles. The Labute approximate surface area is 209 Å². The third-order valence-corrected chi connectivity index (χ3v) is 16.0. The molecule has 0 aliphatic rings. The van der Waals surface area contributed by atoms with Gasteiger partial charge in [-0.15, -0.1) is 0 Å². The quantitative estimate of drug-likeness (QED) is 0.0593. The molecular formula is C22H50O4S3Si2. The van der Waals surface area contributed by atoms with Gasteiger partial charge in [-0.3, -0.25) is 0 Å². The van der Waals surface area contributed by atoms with Gasteiger partial charge in [-0.2, -0.15) is 0 Å². The highest BCUT2D eigenvalue weighted by molar-refractivity contribution is 9.10. The first-order chi connectivity index (χ1) is 15.1. The normalized spacial score (nSPS) is 13.4. The maximum absolute atomic E-state index is 6.40. The average Bonchev–Trinajstić information content (AvgIpc) is 2.78. The van der Waals surface area contributed by atoms with Gasteiger partial charge in [-0.25, -0.2) is 0 Å². The van der Waals surface area contributed by atoms with Crippen LogP contribution in [-0.4, -0.2) is 55.0 Å². The summed E-state index contributed by atoms with van der Waals surface area (Å²) in [5.41, 5.74) is 0. The zero-order chi connectivity index (χ0) is 23.3. The van der Waals surface area contributed by atoms with Gasteiger partial charge in [0.2, 0.25) is 9.48 Å². The van der Waals surface area contributed by atoms with E-state index in [9.17, 15) is 0 Å². The molecular weight excluding hydrogens is 481 g/mol. The van der Waals surface area contributed by atoms with Crippen molar-refractivity contribution in [3.63, 3.8) is 0 Å². The van der Waals surface area contributed by atoms with E-state index in [0.717, 1.165) is 52.1 Å². The molecule has 0 aliphatic carbocycles. The first kappa shape index (κ1) is 32.3. The second-order valence-electron chi connectivity index (χ2n) is 7.91. The van der Waals surface area contributed by atoms with Crippen molar-refractivity contribution in [3.05, 3.63) is 0 Å². The molecule has 0 atom stereocenters. The molecule has 0 aromatic rings. The fourth-order valence-electron chi connectivity index (χ4n) is 2.89. The molecule has 0 amide bonds. The molecule has 31 heavy (non-hydrogen) atoms. The average molecular weight is 531 g/mol. The molecule has 4 nitrogen and oxygen atoms in total. The zero-order valence-electron chi connectivity index (χ0n) is 21.2. The molecule has 0 fully saturated rings. The smallest absolute Gasteiger partial charge is 0.200 e. The van der Waals surface area contributed by atoms with Crippen LogP contribution >= 0.6 is 31.4 Å². The Balaban J connectivity index is 5.28. The highest BCUT2D eigenvalue weighted by atomic mass is 33.5. The van der Waals surface area contributed by atoms with Crippen LogP contribution in [0.2, 0.25) is 12.1 Å². The second kappa shape index (κ2) is 21.8. The molecule has 0 spiro atoms. The molecule has 0 aromatic carbocycles. The maximum Gasteiger partial charge on any atom is 0.200 e. The molecule has 0 bridgehead atoms. The zero-order valence-corrected chi connectivity index (χ0v) is 26.4. The van der Waals surface area contributed by atoms with Gasteiger partial charge in [0, 0.05) is 0 Å². The summed E-state index contributed by atoms with van der Waals surface area (Å²) < 4.78 is 24.7. The van der Waals surface area contributed by atoms with Crippen molar-refractivity contribution in [2.24, 2.45) is 0 Å². The molecule has 0 aliphatic heterocycles. The summed E-state index contributed by atoms with van der Waals surface area (Å²) in [5, 5.41) is 0. The van der Waals surface area contributed by atoms with Crippen molar-refractivity contribution in [1.29, 1.82) is 0 Å². The molecule has 0 N–H and O–H groups in total. The third kappa shape index (κ3) is 15.8. The summed E-state index contributed by atoms with van der Waals surface area (Å²) in [6.07, 6.45) is 9.08. The van der Waals surface area contributed by atoms with Gasteiger partial charge in [-0.1, -0.05) is 79.3 Å². The first-order valence-corrected chi connectivity index (χ1v) is 19.6. The fraction of sp³-hybridized carbons (Fsp3) is 1.00. The van der Waals surface area contributed by atoms with Crippen LogP contribution in [0.15, 0.2) is 0 Å². The molecule has 0 unspecified atom stereocenters. The Bertz CT molecular complexity index is 346. The summed E-state index contributed by atoms with van der Waals surface area (Å²) in [5.74, 6) is 0. The number of hydrogen-bond acceptors (Lipinski definition) is 7. The Morgan fingerprint density at radius 3 is 1.10 bits per heavy atom. The molecule has 0 heterocycles. The van der Waals surface area contributed by atoms with Gasteiger partial charge in [0.25, 0.3) is 0 Å². The van der Waals surface area contributed by atoms with Crippen molar-refractivity contribution >= 4 is 50.5 Å². The molecule has 0 aromatic heterocycles. The summed E-state index contributed by atoms with van der Waals surface area (Å²) in [7, 11) is 4.30. The molecule has 0 rings (SSSR count). The van der Waals surface area contributed by atoms with E-state index in [0.29, 0.717) is 0 Å². The van der Waals surface area contributed by atoms with E-state index in [1.54, 1.807) is 31.4 Å². The van der Waals surface area contributed by atoms with E-state index in [-0.39, 0.29) is 0 Å². The SMILES string of the molecule is CCCC[SiH2]C(OCCC)(OCCC)SSSC(OCCC)(OCCC)[SiH2]CCCC. The lowest BCUT2D eigenvalue weighted by atomic mass is 10.4. The molecule has 9 heteroatoms. The third-order valence-electron chi connectivity index (χ3n) is 4.60. The number of unbranched alkanes of at least 4 members (excludes halogenated alkanes) is 2. The van der Waals surface area contributed by atoms with Crippen LogP contribution in [-0.2, 0) is 18.9 Å². The Kier molecular flexibility index (Phi) is 22.8. The van der Waals surface area contributed by atoms with Crippen LogP contribution in [0.3, 0.4) is 0 Å². The lowest BCUT2D eigenvalue weighted by Crippen LogP contribution is -2.40. The highest BCUT2D eigenvalue weighted by Gasteiger charge is 2.37. The van der Waals surface area contributed by atoms with Crippen molar-refractivity contribution < 1.29 is 18.9 Å². The van der Waals surface area contributed by atoms with Gasteiger partial charge in [0.05, 0.1) is 26.4 Å². The van der Waals surface area contributed by atoms with Crippen molar-refractivity contribution in [1.82, 2.24) is 0 Å². The predicted octanol–water partition coefficient (Wildman–Crippen LogP) is 6.72. The van der Waals surface area contributed by atoms with E-state index in [1.807, 2.05) is 0 Å². The first-order valence-electron chi connectivity index (χ1n) is 12.7. The van der Waals surface area contributed by atoms with Crippen LogP contribution in [0.5, 0.6) is 0 Å². The minimum atomic E-state index is -0.535. The molecule has 0 radical (unpaired) electrons. The Morgan fingerprint density at radius 2 is 0.839 bits per heavy atom. The number of ether oxygens (including phenoxy) is 4. The Morgan fingerprint density at radius 1 is 0.516 bits per heavy atom. The Hall–Kier alpha value is 1.32. The van der Waals surface area contributed by atoms with E-state index in [4.69, 9.17) is 18.9 Å². The van der Waals surface area contributed by atoms with Crippen molar-refractivity contribution in [2.75, 3.05) is 26.4 Å². The minimum Gasteiger partial charge on any atom is -0.345 e. The van der Waals surface area contributed by atoms with Gasteiger partial charge in [0.15, 0.2) is 0 Å². The van der Waals surface area contributed by atoms with Crippen LogP contribution in [0.4, 0.5) is 0 Å². The maximum atomic E-state index is 6.40. The molecule has 188 valence electrons. The fourth-order valence-corrected chi connectivity index (χ4v) is 16.3. The molecule has 0 saturated heterocycles. The highest BCUT2D eigenvalue weighted by Crippen LogP contribution is 2.50. The van der Waals surface area contributed by atoms with Gasteiger partial charge < -0.3 is 18.9 Å². The van der Waals surface area contributed by atoms with E-state index < -0.39 is 28.5 Å². The summed E-state index contributed by atoms with van der Waals surface area (Å²) in [6.45, 7) is 16.3. The van der Waals surface area contributed by atoms with Crippen LogP contribution in [0.1, 0.15) is 92.9 Å².